The van der Waals surface area contributed by atoms with E-state index in [2.05, 4.69) is 27.5 Å². The average molecular weight is 282 g/mol. The Bertz CT molecular complexity index is 398. The molecule has 1 heterocycles. The topological polar surface area (TPSA) is 59.1 Å². The molecular formula is C13H22N4OS. The summed E-state index contributed by atoms with van der Waals surface area (Å²) >= 11 is 1.55. The highest BCUT2D eigenvalue weighted by molar-refractivity contribution is 7.98. The van der Waals surface area contributed by atoms with Gasteiger partial charge in [0.25, 0.3) is 0 Å². The molecule has 1 aliphatic carbocycles. The van der Waals surface area contributed by atoms with Gasteiger partial charge in [0.2, 0.25) is 0 Å². The van der Waals surface area contributed by atoms with Gasteiger partial charge >= 0.3 is 0 Å². The molecule has 0 aromatic carbocycles. The third-order valence-corrected chi connectivity index (χ3v) is 3.40. The zero-order chi connectivity index (χ0) is 13.5. The fraction of sp³-hybridized carbons (Fsp3) is 0.692. The van der Waals surface area contributed by atoms with Crippen LogP contribution in [0.15, 0.2) is 11.2 Å². The molecule has 0 bridgehead atoms. The van der Waals surface area contributed by atoms with Crippen LogP contribution in [0.5, 0.6) is 0 Å². The van der Waals surface area contributed by atoms with Crippen molar-refractivity contribution in [1.82, 2.24) is 9.97 Å². The molecule has 1 fully saturated rings. The van der Waals surface area contributed by atoms with E-state index in [0.717, 1.165) is 49.0 Å². The van der Waals surface area contributed by atoms with Crippen molar-refractivity contribution in [2.45, 2.75) is 24.9 Å². The number of hydrogen-bond donors (Lipinski definition) is 2. The molecule has 0 atom stereocenters. The summed E-state index contributed by atoms with van der Waals surface area (Å²) in [5.41, 5.74) is 0. The van der Waals surface area contributed by atoms with Crippen molar-refractivity contribution in [3.63, 3.8) is 0 Å². The minimum atomic E-state index is 0.728. The molecule has 0 spiro atoms. The van der Waals surface area contributed by atoms with Crippen LogP contribution in [0.1, 0.15) is 19.8 Å². The monoisotopic (exact) mass is 282 g/mol. The Balaban J connectivity index is 1.78. The lowest BCUT2D eigenvalue weighted by Gasteiger charge is -2.10. The van der Waals surface area contributed by atoms with E-state index in [9.17, 15) is 0 Å². The van der Waals surface area contributed by atoms with E-state index in [1.807, 2.05) is 12.3 Å². The fourth-order valence-corrected chi connectivity index (χ4v) is 2.04. The summed E-state index contributed by atoms with van der Waals surface area (Å²) in [6, 6.07) is 1.93. The Morgan fingerprint density at radius 3 is 2.68 bits per heavy atom. The number of aromatic nitrogens is 2. The molecule has 5 nitrogen and oxygen atoms in total. The van der Waals surface area contributed by atoms with Crippen LogP contribution < -0.4 is 10.6 Å². The molecule has 106 valence electrons. The molecule has 2 N–H and O–H groups in total. The van der Waals surface area contributed by atoms with Crippen molar-refractivity contribution < 1.29 is 4.74 Å². The van der Waals surface area contributed by atoms with Gasteiger partial charge in [-0.15, -0.1) is 0 Å². The maximum atomic E-state index is 5.59. The Morgan fingerprint density at radius 1 is 1.32 bits per heavy atom. The van der Waals surface area contributed by atoms with Crippen LogP contribution in [0.25, 0.3) is 0 Å². The maximum Gasteiger partial charge on any atom is 0.191 e. The molecule has 0 radical (unpaired) electrons. The van der Waals surface area contributed by atoms with Gasteiger partial charge in [0, 0.05) is 25.8 Å². The number of nitrogens with one attached hydrogen (secondary N) is 2. The van der Waals surface area contributed by atoms with Crippen LogP contribution in [0.3, 0.4) is 0 Å². The molecule has 0 aliphatic heterocycles. The zero-order valence-corrected chi connectivity index (χ0v) is 12.4. The summed E-state index contributed by atoms with van der Waals surface area (Å²) < 4.78 is 5.59. The molecule has 6 heteroatoms. The first-order valence-corrected chi connectivity index (χ1v) is 8.03. The van der Waals surface area contributed by atoms with Gasteiger partial charge in [-0.3, -0.25) is 0 Å². The normalized spacial score (nSPS) is 14.4. The highest BCUT2D eigenvalue weighted by Gasteiger charge is 2.20. The van der Waals surface area contributed by atoms with E-state index >= 15 is 0 Å². The molecule has 1 aromatic rings. The second kappa shape index (κ2) is 7.55. The molecule has 0 saturated heterocycles. The summed E-state index contributed by atoms with van der Waals surface area (Å²) in [6.45, 7) is 5.33. The number of thioether (sulfide) groups is 1. The number of anilines is 2. The largest absolute Gasteiger partial charge is 0.379 e. The van der Waals surface area contributed by atoms with Gasteiger partial charge in [0.05, 0.1) is 6.61 Å². The number of rotatable bonds is 9. The second-order valence-electron chi connectivity index (χ2n) is 4.60. The summed E-state index contributed by atoms with van der Waals surface area (Å²) in [7, 11) is 0. The Hall–Kier alpha value is -1.01. The van der Waals surface area contributed by atoms with Crippen LogP contribution >= 0.6 is 11.8 Å². The van der Waals surface area contributed by atoms with Crippen LogP contribution in [-0.2, 0) is 4.74 Å². The van der Waals surface area contributed by atoms with E-state index < -0.39 is 0 Å². The quantitative estimate of drug-likeness (QED) is 0.412. The predicted octanol–water partition coefficient (Wildman–Crippen LogP) is 2.47. The summed E-state index contributed by atoms with van der Waals surface area (Å²) in [4.78, 5) is 8.81. The number of hydrogen-bond acceptors (Lipinski definition) is 6. The first-order chi connectivity index (χ1) is 9.31. The molecular weight excluding hydrogens is 260 g/mol. The SMILES string of the molecule is CCNc1cc(NCCOCC2CC2)nc(SC)n1. The van der Waals surface area contributed by atoms with E-state index in [-0.39, 0.29) is 0 Å². The molecule has 19 heavy (non-hydrogen) atoms. The minimum Gasteiger partial charge on any atom is -0.379 e. The van der Waals surface area contributed by atoms with Crippen LogP contribution in [-0.4, -0.2) is 42.5 Å². The van der Waals surface area contributed by atoms with Crippen molar-refractivity contribution in [1.29, 1.82) is 0 Å². The van der Waals surface area contributed by atoms with Crippen molar-refractivity contribution in [3.05, 3.63) is 6.07 Å². The van der Waals surface area contributed by atoms with Crippen molar-refractivity contribution >= 4 is 23.4 Å². The van der Waals surface area contributed by atoms with E-state index in [0.29, 0.717) is 0 Å². The number of nitrogens with zero attached hydrogens (tertiary/aromatic N) is 2. The Labute approximate surface area is 118 Å². The Morgan fingerprint density at radius 2 is 2.05 bits per heavy atom. The molecule has 1 aliphatic rings. The lowest BCUT2D eigenvalue weighted by molar-refractivity contribution is 0.134. The van der Waals surface area contributed by atoms with Gasteiger partial charge in [0.1, 0.15) is 11.6 Å². The van der Waals surface area contributed by atoms with Gasteiger partial charge in [-0.25, -0.2) is 9.97 Å². The third kappa shape index (κ3) is 5.24. The molecule has 0 unspecified atom stereocenters. The van der Waals surface area contributed by atoms with E-state index in [1.54, 1.807) is 11.8 Å². The van der Waals surface area contributed by atoms with Gasteiger partial charge in [-0.05, 0) is 31.9 Å². The lowest BCUT2D eigenvalue weighted by Crippen LogP contribution is -2.12. The van der Waals surface area contributed by atoms with Gasteiger partial charge in [-0.1, -0.05) is 11.8 Å². The van der Waals surface area contributed by atoms with Gasteiger partial charge in [0.15, 0.2) is 5.16 Å². The summed E-state index contributed by atoms with van der Waals surface area (Å²) in [6.07, 6.45) is 4.65. The first-order valence-electron chi connectivity index (χ1n) is 6.80. The fourth-order valence-electron chi connectivity index (χ4n) is 1.66. The Kier molecular flexibility index (Phi) is 5.72. The zero-order valence-electron chi connectivity index (χ0n) is 11.6. The summed E-state index contributed by atoms with van der Waals surface area (Å²) in [5, 5.41) is 7.27. The second-order valence-corrected chi connectivity index (χ2v) is 5.37. The van der Waals surface area contributed by atoms with Crippen LogP contribution in [0.4, 0.5) is 11.6 Å². The van der Waals surface area contributed by atoms with E-state index in [4.69, 9.17) is 4.74 Å². The van der Waals surface area contributed by atoms with Crippen LogP contribution in [0, 0.1) is 5.92 Å². The molecule has 1 saturated carbocycles. The standard InChI is InChI=1S/C13H22N4OS/c1-3-14-11-8-12(17-13(16-11)19-2)15-6-7-18-9-10-4-5-10/h8,10H,3-7,9H2,1-2H3,(H2,14,15,16,17). The highest BCUT2D eigenvalue weighted by atomic mass is 32.2. The predicted molar refractivity (Wildman–Crippen MR) is 80.0 cm³/mol. The van der Waals surface area contributed by atoms with Gasteiger partial charge in [-0.2, -0.15) is 0 Å². The van der Waals surface area contributed by atoms with E-state index in [1.165, 1.54) is 12.8 Å². The minimum absolute atomic E-state index is 0.728. The molecule has 0 amide bonds. The van der Waals surface area contributed by atoms with Crippen molar-refractivity contribution in [2.24, 2.45) is 5.92 Å². The van der Waals surface area contributed by atoms with Crippen molar-refractivity contribution in [3.8, 4) is 0 Å². The summed E-state index contributed by atoms with van der Waals surface area (Å²) in [5.74, 6) is 2.54. The van der Waals surface area contributed by atoms with Crippen molar-refractivity contribution in [2.75, 3.05) is 43.2 Å². The molecule has 2 rings (SSSR count). The third-order valence-electron chi connectivity index (χ3n) is 2.85. The average Bonchev–Trinajstić information content (AvgIpc) is 3.22. The lowest BCUT2D eigenvalue weighted by atomic mass is 10.4. The number of ether oxygens (including phenoxy) is 1. The maximum absolute atomic E-state index is 5.59. The van der Waals surface area contributed by atoms with Gasteiger partial charge < -0.3 is 15.4 Å². The highest BCUT2D eigenvalue weighted by Crippen LogP contribution is 2.28. The first kappa shape index (κ1) is 14.4. The van der Waals surface area contributed by atoms with Crippen LogP contribution in [0.2, 0.25) is 0 Å². The molecule has 1 aromatic heterocycles. The smallest absolute Gasteiger partial charge is 0.191 e.